The number of carbonyl (C=O) groups is 1. The topological polar surface area (TPSA) is 36.1 Å². The SMILES string of the molecule is CC(C)(C(=O)N1CCc2ccccc21)c1c[nH]c2ccc(F)cc12. The average Bonchev–Trinajstić information content (AvgIpc) is 3.17. The number of benzene rings is 2. The molecular weight excluding hydrogens is 303 g/mol. The Morgan fingerprint density at radius 1 is 1.21 bits per heavy atom. The van der Waals surface area contributed by atoms with Crippen LogP contribution in [-0.4, -0.2) is 17.4 Å². The zero-order valence-corrected chi connectivity index (χ0v) is 13.8. The molecule has 4 heteroatoms. The van der Waals surface area contributed by atoms with Crippen molar-refractivity contribution in [3.8, 4) is 0 Å². The molecule has 2 heterocycles. The van der Waals surface area contributed by atoms with E-state index in [2.05, 4.69) is 11.1 Å². The fraction of sp³-hybridized carbons (Fsp3) is 0.250. The van der Waals surface area contributed by atoms with Crippen molar-refractivity contribution >= 4 is 22.5 Å². The van der Waals surface area contributed by atoms with Crippen LogP contribution in [0.5, 0.6) is 0 Å². The fourth-order valence-corrected chi connectivity index (χ4v) is 3.61. The van der Waals surface area contributed by atoms with Gasteiger partial charge in [-0.15, -0.1) is 0 Å². The molecule has 0 spiro atoms. The highest BCUT2D eigenvalue weighted by molar-refractivity contribution is 6.04. The molecule has 0 saturated heterocycles. The molecule has 0 radical (unpaired) electrons. The first kappa shape index (κ1) is 14.9. The molecule has 0 aliphatic carbocycles. The second-order valence-corrected chi connectivity index (χ2v) is 6.85. The molecule has 0 atom stereocenters. The van der Waals surface area contributed by atoms with Gasteiger partial charge in [0.1, 0.15) is 5.82 Å². The summed E-state index contributed by atoms with van der Waals surface area (Å²) in [4.78, 5) is 18.3. The number of para-hydroxylation sites is 1. The fourth-order valence-electron chi connectivity index (χ4n) is 3.61. The van der Waals surface area contributed by atoms with E-state index in [0.717, 1.165) is 28.6 Å². The molecular formula is C20H19FN2O. The van der Waals surface area contributed by atoms with Crippen LogP contribution in [0.1, 0.15) is 25.0 Å². The minimum Gasteiger partial charge on any atom is -0.361 e. The molecule has 1 aliphatic rings. The number of hydrogen-bond acceptors (Lipinski definition) is 1. The highest BCUT2D eigenvalue weighted by Crippen LogP contribution is 2.36. The van der Waals surface area contributed by atoms with E-state index in [4.69, 9.17) is 0 Å². The summed E-state index contributed by atoms with van der Waals surface area (Å²) in [5.41, 5.74) is 3.11. The summed E-state index contributed by atoms with van der Waals surface area (Å²) in [5, 5.41) is 0.765. The number of H-pyrrole nitrogens is 1. The van der Waals surface area contributed by atoms with Crippen molar-refractivity contribution in [1.29, 1.82) is 0 Å². The van der Waals surface area contributed by atoms with Gasteiger partial charge in [0, 0.05) is 29.3 Å². The van der Waals surface area contributed by atoms with Crippen LogP contribution in [0.15, 0.2) is 48.7 Å². The summed E-state index contributed by atoms with van der Waals surface area (Å²) in [6.45, 7) is 4.51. The number of anilines is 1. The lowest BCUT2D eigenvalue weighted by Crippen LogP contribution is -2.42. The quantitative estimate of drug-likeness (QED) is 0.755. The van der Waals surface area contributed by atoms with Gasteiger partial charge in [-0.1, -0.05) is 18.2 Å². The maximum atomic E-state index is 13.7. The van der Waals surface area contributed by atoms with E-state index in [1.54, 1.807) is 6.07 Å². The number of carbonyl (C=O) groups excluding carboxylic acids is 1. The van der Waals surface area contributed by atoms with Gasteiger partial charge in [-0.2, -0.15) is 0 Å². The summed E-state index contributed by atoms with van der Waals surface area (Å²) in [7, 11) is 0. The Kier molecular flexibility index (Phi) is 3.23. The van der Waals surface area contributed by atoms with E-state index in [1.165, 1.54) is 17.7 Å². The van der Waals surface area contributed by atoms with Crippen molar-refractivity contribution in [2.24, 2.45) is 0 Å². The smallest absolute Gasteiger partial charge is 0.237 e. The maximum absolute atomic E-state index is 13.7. The van der Waals surface area contributed by atoms with E-state index in [0.29, 0.717) is 6.54 Å². The summed E-state index contributed by atoms with van der Waals surface area (Å²) in [5.74, 6) is -0.254. The van der Waals surface area contributed by atoms with Crippen molar-refractivity contribution in [2.75, 3.05) is 11.4 Å². The molecule has 1 aromatic heterocycles. The number of nitrogens with one attached hydrogen (secondary N) is 1. The molecule has 2 aromatic carbocycles. The Hall–Kier alpha value is -2.62. The molecule has 1 aliphatic heterocycles. The van der Waals surface area contributed by atoms with Gasteiger partial charge in [-0.05, 0) is 55.7 Å². The molecule has 0 bridgehead atoms. The van der Waals surface area contributed by atoms with Gasteiger partial charge in [0.05, 0.1) is 5.41 Å². The monoisotopic (exact) mass is 322 g/mol. The van der Waals surface area contributed by atoms with Gasteiger partial charge in [-0.25, -0.2) is 4.39 Å². The number of nitrogens with zero attached hydrogens (tertiary/aromatic N) is 1. The van der Waals surface area contributed by atoms with Crippen LogP contribution in [-0.2, 0) is 16.6 Å². The van der Waals surface area contributed by atoms with E-state index in [9.17, 15) is 9.18 Å². The Morgan fingerprint density at radius 3 is 2.83 bits per heavy atom. The van der Waals surface area contributed by atoms with Crippen LogP contribution in [0.3, 0.4) is 0 Å². The Bertz CT molecular complexity index is 942. The lowest BCUT2D eigenvalue weighted by Gasteiger charge is -2.29. The normalized spacial score (nSPS) is 14.2. The highest BCUT2D eigenvalue weighted by Gasteiger charge is 2.38. The first-order valence-electron chi connectivity index (χ1n) is 8.15. The zero-order valence-electron chi connectivity index (χ0n) is 13.8. The lowest BCUT2D eigenvalue weighted by molar-refractivity contribution is -0.122. The van der Waals surface area contributed by atoms with Crippen molar-refractivity contribution in [1.82, 2.24) is 4.98 Å². The van der Waals surface area contributed by atoms with Gasteiger partial charge in [0.2, 0.25) is 5.91 Å². The molecule has 0 unspecified atom stereocenters. The lowest BCUT2D eigenvalue weighted by atomic mass is 9.83. The molecule has 0 fully saturated rings. The van der Waals surface area contributed by atoms with E-state index >= 15 is 0 Å². The third-order valence-electron chi connectivity index (χ3n) is 4.98. The predicted molar refractivity (Wildman–Crippen MR) is 93.8 cm³/mol. The number of rotatable bonds is 2. The Labute approximate surface area is 140 Å². The molecule has 1 N–H and O–H groups in total. The Balaban J connectivity index is 1.77. The first-order chi connectivity index (χ1) is 11.5. The third-order valence-corrected chi connectivity index (χ3v) is 4.98. The Morgan fingerprint density at radius 2 is 2.00 bits per heavy atom. The summed E-state index contributed by atoms with van der Waals surface area (Å²) in [6, 6.07) is 12.6. The molecule has 1 amide bonds. The van der Waals surface area contributed by atoms with E-state index in [1.807, 2.05) is 43.1 Å². The number of fused-ring (bicyclic) bond motifs is 2. The molecule has 3 aromatic rings. The van der Waals surface area contributed by atoms with Crippen molar-refractivity contribution in [2.45, 2.75) is 25.7 Å². The molecule has 3 nitrogen and oxygen atoms in total. The van der Waals surface area contributed by atoms with Crippen molar-refractivity contribution in [3.05, 3.63) is 65.6 Å². The predicted octanol–water partition coefficient (Wildman–Crippen LogP) is 4.17. The van der Waals surface area contributed by atoms with Crippen molar-refractivity contribution < 1.29 is 9.18 Å². The molecule has 4 rings (SSSR count). The largest absolute Gasteiger partial charge is 0.361 e. The van der Waals surface area contributed by atoms with Crippen LogP contribution < -0.4 is 4.90 Å². The third kappa shape index (κ3) is 2.13. The zero-order chi connectivity index (χ0) is 16.9. The number of amides is 1. The van der Waals surface area contributed by atoms with Crippen LogP contribution in [0.4, 0.5) is 10.1 Å². The number of hydrogen-bond donors (Lipinski definition) is 1. The molecule has 122 valence electrons. The van der Waals surface area contributed by atoms with E-state index in [-0.39, 0.29) is 11.7 Å². The van der Waals surface area contributed by atoms with E-state index < -0.39 is 5.41 Å². The highest BCUT2D eigenvalue weighted by atomic mass is 19.1. The van der Waals surface area contributed by atoms with Crippen LogP contribution in [0.2, 0.25) is 0 Å². The average molecular weight is 322 g/mol. The van der Waals surface area contributed by atoms with Gasteiger partial charge < -0.3 is 9.88 Å². The second kappa shape index (κ2) is 5.20. The summed E-state index contributed by atoms with van der Waals surface area (Å²) >= 11 is 0. The van der Waals surface area contributed by atoms with Crippen LogP contribution >= 0.6 is 0 Å². The van der Waals surface area contributed by atoms with Gasteiger partial charge in [0.15, 0.2) is 0 Å². The summed E-state index contributed by atoms with van der Waals surface area (Å²) in [6.07, 6.45) is 2.70. The second-order valence-electron chi connectivity index (χ2n) is 6.85. The number of aromatic amines is 1. The number of halogens is 1. The van der Waals surface area contributed by atoms with Gasteiger partial charge >= 0.3 is 0 Å². The standard InChI is InChI=1S/C20H19FN2O/c1-20(2,16-12-22-17-8-7-14(21)11-15(16)17)19(24)23-10-9-13-5-3-4-6-18(13)23/h3-8,11-12,22H,9-10H2,1-2H3. The van der Waals surface area contributed by atoms with Gasteiger partial charge in [0.25, 0.3) is 0 Å². The maximum Gasteiger partial charge on any atom is 0.237 e. The first-order valence-corrected chi connectivity index (χ1v) is 8.15. The molecule has 0 saturated carbocycles. The van der Waals surface area contributed by atoms with Crippen LogP contribution in [0, 0.1) is 5.82 Å². The minimum atomic E-state index is -0.747. The van der Waals surface area contributed by atoms with Crippen molar-refractivity contribution in [3.63, 3.8) is 0 Å². The summed E-state index contributed by atoms with van der Waals surface area (Å²) < 4.78 is 13.7. The minimum absolute atomic E-state index is 0.0395. The van der Waals surface area contributed by atoms with Gasteiger partial charge in [-0.3, -0.25) is 4.79 Å². The number of aromatic nitrogens is 1. The van der Waals surface area contributed by atoms with Crippen LogP contribution in [0.25, 0.3) is 10.9 Å². The molecule has 24 heavy (non-hydrogen) atoms.